The largest absolute Gasteiger partial charge is 0.339 e. The van der Waals surface area contributed by atoms with Gasteiger partial charge in [-0.05, 0) is 37.1 Å². The van der Waals surface area contributed by atoms with Gasteiger partial charge in [-0.3, -0.25) is 4.90 Å². The molecule has 1 aliphatic heterocycles. The molecule has 2 heterocycles. The zero-order valence-corrected chi connectivity index (χ0v) is 13.0. The number of likely N-dealkylation sites (tertiary alicyclic amines) is 1. The Labute approximate surface area is 130 Å². The van der Waals surface area contributed by atoms with Gasteiger partial charge in [0.2, 0.25) is 5.89 Å². The van der Waals surface area contributed by atoms with Gasteiger partial charge in [0.25, 0.3) is 0 Å². The van der Waals surface area contributed by atoms with Crippen LogP contribution in [0.25, 0.3) is 0 Å². The third-order valence-corrected chi connectivity index (χ3v) is 4.25. The molecular weight excluding hydrogens is 281 g/mol. The second kappa shape index (κ2) is 7.01. The fourth-order valence-corrected chi connectivity index (χ4v) is 3.13. The highest BCUT2D eigenvalue weighted by atomic mass is 19.1. The van der Waals surface area contributed by atoms with Crippen molar-refractivity contribution in [2.75, 3.05) is 6.54 Å². The van der Waals surface area contributed by atoms with E-state index >= 15 is 0 Å². The van der Waals surface area contributed by atoms with Gasteiger partial charge in [-0.2, -0.15) is 4.98 Å². The molecular formula is C17H22FN3O. The zero-order valence-electron chi connectivity index (χ0n) is 13.0. The lowest BCUT2D eigenvalue weighted by Gasteiger charge is -2.29. The highest BCUT2D eigenvalue weighted by Gasteiger charge is 2.24. The van der Waals surface area contributed by atoms with Crippen molar-refractivity contribution in [1.29, 1.82) is 0 Å². The molecule has 118 valence electrons. The van der Waals surface area contributed by atoms with E-state index in [-0.39, 0.29) is 11.9 Å². The highest BCUT2D eigenvalue weighted by molar-refractivity contribution is 5.20. The average molecular weight is 303 g/mol. The Kier molecular flexibility index (Phi) is 4.83. The maximum absolute atomic E-state index is 13.6. The molecule has 22 heavy (non-hydrogen) atoms. The first-order chi connectivity index (χ1) is 10.8. The van der Waals surface area contributed by atoms with E-state index in [1.165, 1.54) is 18.9 Å². The van der Waals surface area contributed by atoms with Crippen LogP contribution in [0.5, 0.6) is 0 Å². The number of aromatic nitrogens is 2. The van der Waals surface area contributed by atoms with Crippen molar-refractivity contribution < 1.29 is 8.91 Å². The van der Waals surface area contributed by atoms with Gasteiger partial charge in [-0.25, -0.2) is 4.39 Å². The third-order valence-electron chi connectivity index (χ3n) is 4.25. The molecule has 0 saturated carbocycles. The third kappa shape index (κ3) is 3.53. The number of hydrogen-bond donors (Lipinski definition) is 0. The molecule has 1 saturated heterocycles. The topological polar surface area (TPSA) is 42.2 Å². The van der Waals surface area contributed by atoms with Crippen molar-refractivity contribution >= 4 is 0 Å². The molecule has 0 unspecified atom stereocenters. The molecule has 3 rings (SSSR count). The maximum Gasteiger partial charge on any atom is 0.226 e. The minimum absolute atomic E-state index is 0.172. The van der Waals surface area contributed by atoms with E-state index in [1.807, 2.05) is 13.0 Å². The van der Waals surface area contributed by atoms with Gasteiger partial charge < -0.3 is 4.52 Å². The number of aryl methyl sites for hydroxylation is 1. The van der Waals surface area contributed by atoms with Crippen LogP contribution in [-0.4, -0.2) is 21.6 Å². The summed E-state index contributed by atoms with van der Waals surface area (Å²) in [4.78, 5) is 6.76. The van der Waals surface area contributed by atoms with Gasteiger partial charge in [0.1, 0.15) is 5.82 Å². The van der Waals surface area contributed by atoms with Crippen LogP contribution < -0.4 is 0 Å². The van der Waals surface area contributed by atoms with Crippen LogP contribution in [-0.2, 0) is 13.0 Å². The summed E-state index contributed by atoms with van der Waals surface area (Å²) >= 11 is 0. The number of benzene rings is 1. The van der Waals surface area contributed by atoms with Crippen LogP contribution in [0, 0.1) is 5.82 Å². The first-order valence-corrected chi connectivity index (χ1v) is 8.07. The van der Waals surface area contributed by atoms with Gasteiger partial charge in [0, 0.05) is 12.5 Å². The number of halogens is 1. The van der Waals surface area contributed by atoms with E-state index in [1.54, 1.807) is 12.1 Å². The van der Waals surface area contributed by atoms with Gasteiger partial charge in [0.05, 0.1) is 6.54 Å². The van der Waals surface area contributed by atoms with Crippen molar-refractivity contribution in [3.8, 4) is 0 Å². The Hall–Kier alpha value is -1.75. The number of rotatable bonds is 4. The standard InChI is InChI=1S/C17H22FN3O/c1-2-17-19-16(20-22-17)12-21-10-5-3-4-9-15(21)13-7-6-8-14(18)11-13/h6-8,11,15H,2-5,9-10,12H2,1H3/t15-/m1/s1. The van der Waals surface area contributed by atoms with Crippen LogP contribution in [0.1, 0.15) is 55.9 Å². The zero-order chi connectivity index (χ0) is 15.4. The van der Waals surface area contributed by atoms with Crippen LogP contribution in [0.3, 0.4) is 0 Å². The predicted octanol–water partition coefficient (Wildman–Crippen LogP) is 3.89. The van der Waals surface area contributed by atoms with Crippen LogP contribution in [0.2, 0.25) is 0 Å². The van der Waals surface area contributed by atoms with Gasteiger partial charge >= 0.3 is 0 Å². The van der Waals surface area contributed by atoms with E-state index in [4.69, 9.17) is 4.52 Å². The normalized spacial score (nSPS) is 20.0. The van der Waals surface area contributed by atoms with E-state index in [0.29, 0.717) is 12.4 Å². The lowest BCUT2D eigenvalue weighted by molar-refractivity contribution is 0.185. The van der Waals surface area contributed by atoms with Crippen molar-refractivity contribution in [2.45, 2.75) is 51.6 Å². The second-order valence-electron chi connectivity index (χ2n) is 5.85. The molecule has 2 aromatic rings. The van der Waals surface area contributed by atoms with Crippen LogP contribution in [0.15, 0.2) is 28.8 Å². The molecule has 0 aliphatic carbocycles. The number of hydrogen-bond acceptors (Lipinski definition) is 4. The first kappa shape index (κ1) is 15.2. The van der Waals surface area contributed by atoms with Gasteiger partial charge in [-0.15, -0.1) is 0 Å². The molecule has 5 heteroatoms. The van der Waals surface area contributed by atoms with Crippen LogP contribution >= 0.6 is 0 Å². The Morgan fingerprint density at radius 2 is 2.23 bits per heavy atom. The average Bonchev–Trinajstić information content (AvgIpc) is 2.85. The van der Waals surface area contributed by atoms with Crippen molar-refractivity contribution in [3.05, 3.63) is 47.4 Å². The molecule has 0 amide bonds. The molecule has 1 atom stereocenters. The summed E-state index contributed by atoms with van der Waals surface area (Å²) < 4.78 is 18.8. The summed E-state index contributed by atoms with van der Waals surface area (Å²) in [6.07, 6.45) is 5.34. The van der Waals surface area contributed by atoms with E-state index in [9.17, 15) is 4.39 Å². The highest BCUT2D eigenvalue weighted by Crippen LogP contribution is 2.31. The molecule has 1 fully saturated rings. The van der Waals surface area contributed by atoms with Gasteiger partial charge in [-0.1, -0.05) is 37.1 Å². The van der Waals surface area contributed by atoms with Crippen molar-refractivity contribution in [3.63, 3.8) is 0 Å². The fraction of sp³-hybridized carbons (Fsp3) is 0.529. The van der Waals surface area contributed by atoms with Crippen LogP contribution in [0.4, 0.5) is 4.39 Å². The Morgan fingerprint density at radius 3 is 3.00 bits per heavy atom. The SMILES string of the molecule is CCc1nc(CN2CCCCC[C@@H]2c2cccc(F)c2)no1. The molecule has 1 aromatic heterocycles. The molecule has 1 aromatic carbocycles. The lowest BCUT2D eigenvalue weighted by atomic mass is 10.0. The van der Waals surface area contributed by atoms with Crippen molar-refractivity contribution in [1.82, 2.24) is 15.0 Å². The monoisotopic (exact) mass is 303 g/mol. The maximum atomic E-state index is 13.6. The molecule has 0 N–H and O–H groups in total. The summed E-state index contributed by atoms with van der Waals surface area (Å²) in [5, 5.41) is 4.06. The predicted molar refractivity (Wildman–Crippen MR) is 81.7 cm³/mol. The Bertz CT molecular complexity index is 613. The number of nitrogens with zero attached hydrogens (tertiary/aromatic N) is 3. The molecule has 0 bridgehead atoms. The Balaban J connectivity index is 1.81. The minimum atomic E-state index is -0.172. The quantitative estimate of drug-likeness (QED) is 0.859. The summed E-state index contributed by atoms with van der Waals surface area (Å²) in [7, 11) is 0. The molecule has 0 spiro atoms. The summed E-state index contributed by atoms with van der Waals surface area (Å²) in [5.74, 6) is 1.22. The van der Waals surface area contributed by atoms with Crippen molar-refractivity contribution in [2.24, 2.45) is 0 Å². The smallest absolute Gasteiger partial charge is 0.226 e. The summed E-state index contributed by atoms with van der Waals surface area (Å²) in [6, 6.07) is 7.17. The van der Waals surface area contributed by atoms with E-state index in [2.05, 4.69) is 15.0 Å². The molecule has 0 radical (unpaired) electrons. The molecule has 1 aliphatic rings. The minimum Gasteiger partial charge on any atom is -0.339 e. The first-order valence-electron chi connectivity index (χ1n) is 8.07. The fourth-order valence-electron chi connectivity index (χ4n) is 3.13. The second-order valence-corrected chi connectivity index (χ2v) is 5.85. The molecule has 4 nitrogen and oxygen atoms in total. The van der Waals surface area contributed by atoms with E-state index in [0.717, 1.165) is 37.2 Å². The van der Waals surface area contributed by atoms with E-state index < -0.39 is 0 Å². The summed E-state index contributed by atoms with van der Waals surface area (Å²) in [6.45, 7) is 3.64. The van der Waals surface area contributed by atoms with Gasteiger partial charge in [0.15, 0.2) is 5.82 Å². The summed E-state index contributed by atoms with van der Waals surface area (Å²) in [5.41, 5.74) is 1.04. The Morgan fingerprint density at radius 1 is 1.32 bits per heavy atom. The lowest BCUT2D eigenvalue weighted by Crippen LogP contribution is -2.28.